The average Bonchev–Trinajstić information content (AvgIpc) is 3.33. The Labute approximate surface area is 229 Å². The highest BCUT2D eigenvalue weighted by atomic mass is 35.5. The highest BCUT2D eigenvalue weighted by molar-refractivity contribution is 8.04. The van der Waals surface area contributed by atoms with Crippen molar-refractivity contribution < 1.29 is 4.79 Å². The molecule has 1 aromatic carbocycles. The van der Waals surface area contributed by atoms with Crippen LogP contribution in [0.4, 0.5) is 0 Å². The van der Waals surface area contributed by atoms with E-state index in [4.69, 9.17) is 0 Å². The molecule has 2 aliphatic heterocycles. The number of likely N-dealkylation sites (tertiary alicyclic amines) is 1. The van der Waals surface area contributed by atoms with Crippen molar-refractivity contribution in [3.63, 3.8) is 0 Å². The molecule has 36 heavy (non-hydrogen) atoms. The lowest BCUT2D eigenvalue weighted by Crippen LogP contribution is -2.43. The lowest BCUT2D eigenvalue weighted by molar-refractivity contribution is -0.117. The van der Waals surface area contributed by atoms with E-state index in [1.165, 1.54) is 68.9 Å². The van der Waals surface area contributed by atoms with Gasteiger partial charge >= 0.3 is 0 Å². The molecule has 1 amide bonds. The number of rotatable bonds is 5. The van der Waals surface area contributed by atoms with Crippen molar-refractivity contribution >= 4 is 54.2 Å². The van der Waals surface area contributed by atoms with E-state index >= 15 is 0 Å². The third kappa shape index (κ3) is 5.62. The number of carbonyl (C=O) groups is 1. The summed E-state index contributed by atoms with van der Waals surface area (Å²) in [6.45, 7) is 3.23. The highest BCUT2D eigenvalue weighted by Gasteiger charge is 2.30. The standard InChI is InChI=1S/C28H32N4OS.2ClH/c33-28(25-17-24-19-29-26-7-4-8-27(34-25)32(24)26)30-18-20-9-11-23(12-10-20)31-15-13-22(14-16-31)21-5-2-1-3-6-21;;/h1-8,17,19-20,22-23H,9-16,18H2,(H,30,33);2*1H. The van der Waals surface area contributed by atoms with E-state index in [2.05, 4.69) is 49.9 Å². The number of piperidine rings is 1. The molecule has 1 aliphatic carbocycles. The van der Waals surface area contributed by atoms with Crippen LogP contribution in [0.15, 0.2) is 64.7 Å². The molecular formula is C28H34Cl2N4OS. The minimum absolute atomic E-state index is 0. The van der Waals surface area contributed by atoms with Crippen molar-refractivity contribution in [2.75, 3.05) is 19.6 Å². The van der Waals surface area contributed by atoms with Gasteiger partial charge in [0.25, 0.3) is 5.91 Å². The Morgan fingerprint density at radius 2 is 1.69 bits per heavy atom. The number of hydrogen-bond donors (Lipinski definition) is 1. The van der Waals surface area contributed by atoms with E-state index in [0.29, 0.717) is 5.92 Å². The molecule has 192 valence electrons. The first-order valence-electron chi connectivity index (χ1n) is 12.7. The monoisotopic (exact) mass is 544 g/mol. The second-order valence-electron chi connectivity index (χ2n) is 9.96. The Morgan fingerprint density at radius 1 is 0.944 bits per heavy atom. The number of benzene rings is 1. The van der Waals surface area contributed by atoms with Crippen LogP contribution >= 0.6 is 36.6 Å². The molecule has 0 spiro atoms. The van der Waals surface area contributed by atoms with E-state index in [1.54, 1.807) is 0 Å². The molecule has 0 radical (unpaired) electrons. The zero-order chi connectivity index (χ0) is 22.9. The Bertz CT molecular complexity index is 1200. The van der Waals surface area contributed by atoms with Crippen LogP contribution in [0.3, 0.4) is 0 Å². The zero-order valence-corrected chi connectivity index (χ0v) is 22.8. The SMILES string of the molecule is Cl.Cl.O=C(NCC1CCC(N2CCC(c3ccccc3)CC2)CC1)C1=Cc2cnc3cccc(n23)S1. The molecule has 1 N–H and O–H groups in total. The van der Waals surface area contributed by atoms with Crippen LogP contribution in [0.2, 0.25) is 0 Å². The third-order valence-electron chi connectivity index (χ3n) is 7.92. The van der Waals surface area contributed by atoms with Gasteiger partial charge in [-0.3, -0.25) is 9.20 Å². The first-order valence-corrected chi connectivity index (χ1v) is 13.5. The number of hydrogen-bond acceptors (Lipinski definition) is 4. The normalized spacial score (nSPS) is 22.3. The van der Waals surface area contributed by atoms with Gasteiger partial charge in [-0.05, 0) is 87.2 Å². The number of imidazole rings is 1. The Kier molecular flexibility index (Phi) is 9.05. The topological polar surface area (TPSA) is 49.6 Å². The lowest BCUT2D eigenvalue weighted by atomic mass is 9.83. The van der Waals surface area contributed by atoms with E-state index in [0.717, 1.165) is 39.8 Å². The van der Waals surface area contributed by atoms with Gasteiger partial charge in [-0.25, -0.2) is 4.98 Å². The molecule has 1 saturated carbocycles. The maximum Gasteiger partial charge on any atom is 0.258 e. The molecule has 2 aromatic heterocycles. The first kappa shape index (κ1) is 27.1. The van der Waals surface area contributed by atoms with Gasteiger partial charge in [-0.2, -0.15) is 0 Å². The van der Waals surface area contributed by atoms with Crippen molar-refractivity contribution in [3.05, 3.63) is 70.9 Å². The second-order valence-corrected chi connectivity index (χ2v) is 11.0. The van der Waals surface area contributed by atoms with Crippen molar-refractivity contribution in [1.82, 2.24) is 19.6 Å². The summed E-state index contributed by atoms with van der Waals surface area (Å²) in [7, 11) is 0. The third-order valence-corrected chi connectivity index (χ3v) is 8.97. The quantitative estimate of drug-likeness (QED) is 0.416. The summed E-state index contributed by atoms with van der Waals surface area (Å²) in [4.78, 5) is 20.8. The molecule has 8 heteroatoms. The summed E-state index contributed by atoms with van der Waals surface area (Å²) in [5.41, 5.74) is 3.41. The molecule has 6 rings (SSSR count). The van der Waals surface area contributed by atoms with Crippen molar-refractivity contribution in [2.24, 2.45) is 5.92 Å². The number of amides is 1. The van der Waals surface area contributed by atoms with E-state index in [-0.39, 0.29) is 30.7 Å². The van der Waals surface area contributed by atoms with Crippen molar-refractivity contribution in [2.45, 2.75) is 55.5 Å². The lowest BCUT2D eigenvalue weighted by Gasteiger charge is -2.41. The fourth-order valence-electron chi connectivity index (χ4n) is 5.96. The van der Waals surface area contributed by atoms with Crippen molar-refractivity contribution in [3.8, 4) is 0 Å². The Balaban J connectivity index is 0.00000152. The summed E-state index contributed by atoms with van der Waals surface area (Å²) in [6, 6.07) is 17.8. The first-order chi connectivity index (χ1) is 16.7. The minimum atomic E-state index is 0. The van der Waals surface area contributed by atoms with Gasteiger partial charge in [0, 0.05) is 12.6 Å². The molecule has 1 saturated heterocycles. The molecule has 2 fully saturated rings. The molecule has 0 atom stereocenters. The van der Waals surface area contributed by atoms with E-state index < -0.39 is 0 Å². The van der Waals surface area contributed by atoms with Crippen LogP contribution in [0.1, 0.15) is 55.7 Å². The van der Waals surface area contributed by atoms with Crippen LogP contribution in [0, 0.1) is 5.92 Å². The smallest absolute Gasteiger partial charge is 0.258 e. The number of halogens is 2. The van der Waals surface area contributed by atoms with Crippen LogP contribution in [-0.2, 0) is 4.79 Å². The summed E-state index contributed by atoms with van der Waals surface area (Å²) in [6.07, 6.45) is 11.3. The number of nitrogens with zero attached hydrogens (tertiary/aromatic N) is 3. The highest BCUT2D eigenvalue weighted by Crippen LogP contribution is 2.35. The number of nitrogens with one attached hydrogen (secondary N) is 1. The van der Waals surface area contributed by atoms with Crippen LogP contribution in [-0.4, -0.2) is 45.9 Å². The predicted molar refractivity (Wildman–Crippen MR) is 152 cm³/mol. The molecule has 5 nitrogen and oxygen atoms in total. The van der Waals surface area contributed by atoms with Gasteiger partial charge in [-0.1, -0.05) is 48.2 Å². The molecular weight excluding hydrogens is 511 g/mol. The maximum absolute atomic E-state index is 12.9. The summed E-state index contributed by atoms with van der Waals surface area (Å²) < 4.78 is 2.10. The summed E-state index contributed by atoms with van der Waals surface area (Å²) in [5.74, 6) is 1.35. The summed E-state index contributed by atoms with van der Waals surface area (Å²) >= 11 is 1.53. The van der Waals surface area contributed by atoms with Gasteiger partial charge in [0.15, 0.2) is 0 Å². The van der Waals surface area contributed by atoms with Gasteiger partial charge in [0.05, 0.1) is 21.8 Å². The van der Waals surface area contributed by atoms with E-state index in [9.17, 15) is 4.79 Å². The average molecular weight is 546 g/mol. The van der Waals surface area contributed by atoms with Gasteiger partial charge in [-0.15, -0.1) is 24.8 Å². The van der Waals surface area contributed by atoms with Gasteiger partial charge in [0.2, 0.25) is 0 Å². The van der Waals surface area contributed by atoms with Crippen LogP contribution in [0.5, 0.6) is 0 Å². The molecule has 4 heterocycles. The fraction of sp³-hybridized carbons (Fsp3) is 0.429. The zero-order valence-electron chi connectivity index (χ0n) is 20.3. The minimum Gasteiger partial charge on any atom is -0.351 e. The second kappa shape index (κ2) is 12.0. The van der Waals surface area contributed by atoms with Crippen LogP contribution < -0.4 is 5.32 Å². The molecule has 0 bridgehead atoms. The maximum atomic E-state index is 12.9. The fourth-order valence-corrected chi connectivity index (χ4v) is 6.97. The van der Waals surface area contributed by atoms with Gasteiger partial charge in [0.1, 0.15) is 5.65 Å². The predicted octanol–water partition coefficient (Wildman–Crippen LogP) is 6.18. The largest absolute Gasteiger partial charge is 0.351 e. The molecule has 3 aliphatic rings. The molecule has 0 unspecified atom stereocenters. The van der Waals surface area contributed by atoms with Gasteiger partial charge < -0.3 is 10.2 Å². The molecule has 3 aromatic rings. The number of thioether (sulfide) groups is 1. The Hall–Kier alpha value is -1.99. The van der Waals surface area contributed by atoms with Crippen molar-refractivity contribution in [1.29, 1.82) is 0 Å². The number of pyridine rings is 1. The Morgan fingerprint density at radius 3 is 2.44 bits per heavy atom. The van der Waals surface area contributed by atoms with Crippen LogP contribution in [0.25, 0.3) is 11.7 Å². The summed E-state index contributed by atoms with van der Waals surface area (Å²) in [5, 5.41) is 4.27. The number of carbonyl (C=O) groups excluding carboxylic acids is 1. The number of aromatic nitrogens is 2. The van der Waals surface area contributed by atoms with E-state index in [1.807, 2.05) is 30.5 Å².